The van der Waals surface area contributed by atoms with E-state index < -0.39 is 0 Å². The Labute approximate surface area is 124 Å². The molecule has 0 atom stereocenters. The highest BCUT2D eigenvalue weighted by Crippen LogP contribution is 2.28. The number of anilines is 1. The maximum Gasteiger partial charge on any atom is 0.0340 e. The molecule has 1 aromatic rings. The molecule has 0 saturated heterocycles. The lowest BCUT2D eigenvalue weighted by Crippen LogP contribution is -2.25. The van der Waals surface area contributed by atoms with Crippen LogP contribution in [0.2, 0.25) is 0 Å². The van der Waals surface area contributed by atoms with Crippen LogP contribution in [0, 0.1) is 11.8 Å². The molecule has 0 spiro atoms. The van der Waals surface area contributed by atoms with Crippen LogP contribution in [0.3, 0.4) is 0 Å². The van der Waals surface area contributed by atoms with Gasteiger partial charge >= 0.3 is 0 Å². The van der Waals surface area contributed by atoms with E-state index in [0.29, 0.717) is 0 Å². The molecule has 0 heterocycles. The monoisotopic (exact) mass is 274 g/mol. The van der Waals surface area contributed by atoms with Gasteiger partial charge in [-0.15, -0.1) is 0 Å². The van der Waals surface area contributed by atoms with Gasteiger partial charge in [0, 0.05) is 12.2 Å². The van der Waals surface area contributed by atoms with Crippen molar-refractivity contribution in [3.8, 4) is 0 Å². The van der Waals surface area contributed by atoms with Crippen molar-refractivity contribution >= 4 is 5.69 Å². The van der Waals surface area contributed by atoms with Crippen LogP contribution in [0.4, 0.5) is 5.69 Å². The first kappa shape index (κ1) is 15.4. The summed E-state index contributed by atoms with van der Waals surface area (Å²) in [6, 6.07) is 9.00. The van der Waals surface area contributed by atoms with Gasteiger partial charge in [0.2, 0.25) is 0 Å². The van der Waals surface area contributed by atoms with Gasteiger partial charge in [-0.25, -0.2) is 0 Å². The maximum atomic E-state index is 5.75. The number of hydrogen-bond acceptors (Lipinski definition) is 2. The van der Waals surface area contributed by atoms with Crippen molar-refractivity contribution in [2.75, 3.05) is 18.4 Å². The number of benzene rings is 1. The Bertz CT molecular complexity index is 364. The molecule has 0 bridgehead atoms. The van der Waals surface area contributed by atoms with Crippen molar-refractivity contribution in [1.29, 1.82) is 0 Å². The Morgan fingerprint density at radius 3 is 2.30 bits per heavy atom. The summed E-state index contributed by atoms with van der Waals surface area (Å²) in [5.41, 5.74) is 8.48. The highest BCUT2D eigenvalue weighted by atomic mass is 14.9. The van der Waals surface area contributed by atoms with Crippen LogP contribution in [0.5, 0.6) is 0 Å². The number of rotatable bonds is 7. The molecule has 2 rings (SSSR count). The molecule has 3 N–H and O–H groups in total. The maximum absolute atomic E-state index is 5.75. The zero-order valence-electron chi connectivity index (χ0n) is 12.9. The predicted octanol–water partition coefficient (Wildman–Crippen LogP) is 4.21. The molecule has 0 unspecified atom stereocenters. The summed E-state index contributed by atoms with van der Waals surface area (Å²) >= 11 is 0. The van der Waals surface area contributed by atoms with Crippen LogP contribution in [0.1, 0.15) is 51.0 Å². The van der Waals surface area contributed by atoms with Gasteiger partial charge in [-0.1, -0.05) is 25.5 Å². The summed E-state index contributed by atoms with van der Waals surface area (Å²) in [7, 11) is 0. The second kappa shape index (κ2) is 8.31. The molecule has 2 heteroatoms. The molecule has 2 nitrogen and oxygen atoms in total. The number of unbranched alkanes of at least 4 members (excludes halogenated alkanes) is 1. The molecule has 0 radical (unpaired) electrons. The molecule has 20 heavy (non-hydrogen) atoms. The lowest BCUT2D eigenvalue weighted by atomic mass is 9.82. The van der Waals surface area contributed by atoms with Crippen molar-refractivity contribution in [1.82, 2.24) is 0 Å². The smallest absolute Gasteiger partial charge is 0.0340 e. The quantitative estimate of drug-likeness (QED) is 0.782. The molecular weight excluding hydrogens is 244 g/mol. The lowest BCUT2D eigenvalue weighted by molar-refractivity contribution is 0.289. The highest BCUT2D eigenvalue weighted by molar-refractivity contribution is 5.44. The number of hydrogen-bond donors (Lipinski definition) is 2. The zero-order chi connectivity index (χ0) is 14.2. The summed E-state index contributed by atoms with van der Waals surface area (Å²) in [5, 5.41) is 3.60. The topological polar surface area (TPSA) is 38.0 Å². The fourth-order valence-electron chi connectivity index (χ4n) is 3.10. The Balaban J connectivity index is 1.71. The summed E-state index contributed by atoms with van der Waals surface area (Å²) in [6.45, 7) is 4.24. The van der Waals surface area contributed by atoms with Crippen LogP contribution in [0.25, 0.3) is 0 Å². The first-order valence-corrected chi connectivity index (χ1v) is 8.34. The van der Waals surface area contributed by atoms with E-state index in [1.165, 1.54) is 56.2 Å². The fraction of sp³-hybridized carbons (Fsp3) is 0.667. The second-order valence-electron chi connectivity index (χ2n) is 6.30. The van der Waals surface area contributed by atoms with Crippen LogP contribution >= 0.6 is 0 Å². The molecule has 1 aromatic carbocycles. The van der Waals surface area contributed by atoms with E-state index in [9.17, 15) is 0 Å². The normalized spacial score (nSPS) is 22.7. The molecule has 1 saturated carbocycles. The van der Waals surface area contributed by atoms with Gasteiger partial charge in [-0.05, 0) is 74.6 Å². The van der Waals surface area contributed by atoms with Crippen LogP contribution < -0.4 is 11.1 Å². The first-order valence-electron chi connectivity index (χ1n) is 8.34. The summed E-state index contributed by atoms with van der Waals surface area (Å²) in [4.78, 5) is 0. The van der Waals surface area contributed by atoms with Crippen LogP contribution in [-0.2, 0) is 6.42 Å². The van der Waals surface area contributed by atoms with Crippen molar-refractivity contribution in [3.63, 3.8) is 0 Å². The van der Waals surface area contributed by atoms with E-state index >= 15 is 0 Å². The third-order valence-electron chi connectivity index (χ3n) is 4.67. The third-order valence-corrected chi connectivity index (χ3v) is 4.67. The Hall–Kier alpha value is -1.02. The summed E-state index contributed by atoms with van der Waals surface area (Å²) in [6.07, 6.45) is 9.08. The molecule has 112 valence electrons. The summed E-state index contributed by atoms with van der Waals surface area (Å²) in [5.74, 6) is 1.61. The molecule has 0 amide bonds. The average molecular weight is 274 g/mol. The van der Waals surface area contributed by atoms with Crippen LogP contribution in [0.15, 0.2) is 24.3 Å². The number of aryl methyl sites for hydroxylation is 1. The molecule has 1 aliphatic carbocycles. The minimum atomic E-state index is 0.782. The van der Waals surface area contributed by atoms with Gasteiger partial charge in [0.1, 0.15) is 0 Å². The zero-order valence-corrected chi connectivity index (χ0v) is 12.9. The second-order valence-corrected chi connectivity index (χ2v) is 6.30. The standard InChI is InChI=1S/C18H30N2/c1-2-3-4-15-9-11-18(12-10-15)20-14-17-7-5-16(13-19)6-8-17/h9-12,16-17,20H,2-8,13-14,19H2,1H3. The molecule has 0 aromatic heterocycles. The van der Waals surface area contributed by atoms with Crippen molar-refractivity contribution in [2.24, 2.45) is 17.6 Å². The minimum Gasteiger partial charge on any atom is -0.385 e. The largest absolute Gasteiger partial charge is 0.385 e. The van der Waals surface area contributed by atoms with E-state index in [4.69, 9.17) is 5.73 Å². The van der Waals surface area contributed by atoms with Crippen LogP contribution in [-0.4, -0.2) is 13.1 Å². The molecule has 1 aliphatic rings. The van der Waals surface area contributed by atoms with E-state index in [0.717, 1.165) is 24.9 Å². The molecule has 0 aliphatic heterocycles. The Kier molecular flexibility index (Phi) is 6.38. The van der Waals surface area contributed by atoms with Gasteiger partial charge in [0.25, 0.3) is 0 Å². The third kappa shape index (κ3) is 4.82. The SMILES string of the molecule is CCCCc1ccc(NCC2CCC(CN)CC2)cc1. The number of nitrogens with one attached hydrogen (secondary N) is 1. The highest BCUT2D eigenvalue weighted by Gasteiger charge is 2.19. The van der Waals surface area contributed by atoms with Gasteiger partial charge in [0.05, 0.1) is 0 Å². The summed E-state index contributed by atoms with van der Waals surface area (Å²) < 4.78 is 0. The van der Waals surface area contributed by atoms with E-state index in [1.807, 2.05) is 0 Å². The molecule has 1 fully saturated rings. The Morgan fingerprint density at radius 1 is 1.05 bits per heavy atom. The fourth-order valence-corrected chi connectivity index (χ4v) is 3.10. The van der Waals surface area contributed by atoms with E-state index in [-0.39, 0.29) is 0 Å². The molecular formula is C18H30N2. The lowest BCUT2D eigenvalue weighted by Gasteiger charge is -2.28. The van der Waals surface area contributed by atoms with Crippen molar-refractivity contribution in [3.05, 3.63) is 29.8 Å². The van der Waals surface area contributed by atoms with Gasteiger partial charge < -0.3 is 11.1 Å². The minimum absolute atomic E-state index is 0.782. The van der Waals surface area contributed by atoms with E-state index in [1.54, 1.807) is 0 Å². The van der Waals surface area contributed by atoms with E-state index in [2.05, 4.69) is 36.5 Å². The van der Waals surface area contributed by atoms with Gasteiger partial charge in [-0.3, -0.25) is 0 Å². The van der Waals surface area contributed by atoms with Gasteiger partial charge in [0.15, 0.2) is 0 Å². The van der Waals surface area contributed by atoms with Crippen molar-refractivity contribution in [2.45, 2.75) is 51.9 Å². The first-order chi connectivity index (χ1) is 9.81. The average Bonchev–Trinajstić information content (AvgIpc) is 2.52. The predicted molar refractivity (Wildman–Crippen MR) is 88.0 cm³/mol. The van der Waals surface area contributed by atoms with Gasteiger partial charge in [-0.2, -0.15) is 0 Å². The Morgan fingerprint density at radius 2 is 1.70 bits per heavy atom. The number of nitrogens with two attached hydrogens (primary N) is 1. The van der Waals surface area contributed by atoms with Crippen molar-refractivity contribution < 1.29 is 0 Å².